The number of aliphatic hydroxyl groups excluding tert-OH is 1. The van der Waals surface area contributed by atoms with Crippen molar-refractivity contribution in [3.8, 4) is 0 Å². The van der Waals surface area contributed by atoms with Gasteiger partial charge in [-0.3, -0.25) is 0 Å². The fourth-order valence-corrected chi connectivity index (χ4v) is 1.59. The van der Waals surface area contributed by atoms with Gasteiger partial charge >= 0.3 is 0 Å². The Morgan fingerprint density at radius 2 is 1.92 bits per heavy atom. The molecule has 0 bridgehead atoms. The van der Waals surface area contributed by atoms with E-state index in [4.69, 9.17) is 5.11 Å². The van der Waals surface area contributed by atoms with Crippen LogP contribution < -0.4 is 0 Å². The summed E-state index contributed by atoms with van der Waals surface area (Å²) in [6.07, 6.45) is 2.83. The van der Waals surface area contributed by atoms with Crippen LogP contribution in [0.3, 0.4) is 0 Å². The first kappa shape index (κ1) is 11.0. The van der Waals surface area contributed by atoms with Crippen LogP contribution in [0.25, 0.3) is 0 Å². The van der Waals surface area contributed by atoms with Crippen LogP contribution in [-0.4, -0.2) is 35.7 Å². The highest BCUT2D eigenvalue weighted by Gasteiger charge is 2.25. The summed E-state index contributed by atoms with van der Waals surface area (Å²) in [7, 11) is 0. The van der Waals surface area contributed by atoms with Crippen LogP contribution in [0, 0.1) is 11.8 Å². The van der Waals surface area contributed by atoms with Crippen molar-refractivity contribution >= 4 is 0 Å². The van der Waals surface area contributed by atoms with Crippen molar-refractivity contribution in [2.24, 2.45) is 11.8 Å². The fourth-order valence-electron chi connectivity index (χ4n) is 1.59. The lowest BCUT2D eigenvalue weighted by molar-refractivity contribution is 0.144. The second-order valence-electron chi connectivity index (χ2n) is 4.78. The Bertz CT molecular complexity index is 143. The van der Waals surface area contributed by atoms with Gasteiger partial charge in [-0.25, -0.2) is 0 Å². The lowest BCUT2D eigenvalue weighted by Gasteiger charge is -2.28. The molecule has 1 aliphatic carbocycles. The zero-order valence-electron chi connectivity index (χ0n) is 9.16. The molecular formula is C11H23NO. The summed E-state index contributed by atoms with van der Waals surface area (Å²) in [6.45, 7) is 9.20. The zero-order valence-corrected chi connectivity index (χ0v) is 9.16. The van der Waals surface area contributed by atoms with Crippen LogP contribution in [0.2, 0.25) is 0 Å². The van der Waals surface area contributed by atoms with Crippen molar-refractivity contribution in [1.29, 1.82) is 0 Å². The van der Waals surface area contributed by atoms with Crippen molar-refractivity contribution in [3.63, 3.8) is 0 Å². The van der Waals surface area contributed by atoms with Crippen molar-refractivity contribution in [2.75, 3.05) is 19.7 Å². The first-order valence-electron chi connectivity index (χ1n) is 5.48. The van der Waals surface area contributed by atoms with Gasteiger partial charge in [-0.2, -0.15) is 0 Å². The molecule has 0 aromatic rings. The summed E-state index contributed by atoms with van der Waals surface area (Å²) in [5, 5.41) is 8.99. The number of rotatable bonds is 6. The Kier molecular flexibility index (Phi) is 4.20. The molecular weight excluding hydrogens is 162 g/mol. The van der Waals surface area contributed by atoms with Gasteiger partial charge in [-0.15, -0.1) is 0 Å². The topological polar surface area (TPSA) is 23.5 Å². The van der Waals surface area contributed by atoms with Gasteiger partial charge in [-0.05, 0) is 38.5 Å². The van der Waals surface area contributed by atoms with E-state index in [2.05, 4.69) is 25.7 Å². The van der Waals surface area contributed by atoms with Gasteiger partial charge in [0.1, 0.15) is 0 Å². The van der Waals surface area contributed by atoms with Crippen LogP contribution in [-0.2, 0) is 0 Å². The third-order valence-electron chi connectivity index (χ3n) is 2.78. The quantitative estimate of drug-likeness (QED) is 0.681. The Morgan fingerprint density at radius 1 is 1.31 bits per heavy atom. The number of hydrogen-bond acceptors (Lipinski definition) is 2. The smallest absolute Gasteiger partial charge is 0.0468 e. The predicted molar refractivity (Wildman–Crippen MR) is 55.7 cm³/mol. The molecule has 1 unspecified atom stereocenters. The van der Waals surface area contributed by atoms with Crippen molar-refractivity contribution in [2.45, 2.75) is 39.7 Å². The Balaban J connectivity index is 2.27. The van der Waals surface area contributed by atoms with Crippen LogP contribution in [0.15, 0.2) is 0 Å². The van der Waals surface area contributed by atoms with Gasteiger partial charge in [0, 0.05) is 25.7 Å². The summed E-state index contributed by atoms with van der Waals surface area (Å²) in [5.74, 6) is 1.37. The van der Waals surface area contributed by atoms with E-state index < -0.39 is 0 Å². The maximum Gasteiger partial charge on any atom is 0.0468 e. The molecule has 1 saturated carbocycles. The van der Waals surface area contributed by atoms with Gasteiger partial charge in [0.2, 0.25) is 0 Å². The largest absolute Gasteiger partial charge is 0.396 e. The maximum absolute atomic E-state index is 8.99. The van der Waals surface area contributed by atoms with E-state index in [0.717, 1.165) is 12.5 Å². The highest BCUT2D eigenvalue weighted by atomic mass is 16.3. The number of nitrogens with zero attached hydrogens (tertiary/aromatic N) is 1. The average molecular weight is 185 g/mol. The Labute approximate surface area is 81.9 Å². The summed E-state index contributed by atoms with van der Waals surface area (Å²) in [4.78, 5) is 2.50. The van der Waals surface area contributed by atoms with E-state index in [1.807, 2.05) is 0 Å². The second-order valence-corrected chi connectivity index (χ2v) is 4.78. The lowest BCUT2D eigenvalue weighted by atomic mass is 10.1. The third kappa shape index (κ3) is 4.10. The van der Waals surface area contributed by atoms with Gasteiger partial charge in [0.25, 0.3) is 0 Å². The summed E-state index contributed by atoms with van der Waals surface area (Å²) >= 11 is 0. The normalized spacial score (nSPS) is 19.8. The van der Waals surface area contributed by atoms with E-state index in [0.29, 0.717) is 18.6 Å². The van der Waals surface area contributed by atoms with E-state index in [1.165, 1.54) is 19.4 Å². The predicted octanol–water partition coefficient (Wildman–Crippen LogP) is 1.74. The molecule has 13 heavy (non-hydrogen) atoms. The SMILES string of the molecule is CC(CO)CN(CC1CC1)C(C)C. The molecule has 1 rings (SSSR count). The molecule has 2 nitrogen and oxygen atoms in total. The minimum absolute atomic E-state index is 0.313. The molecule has 0 spiro atoms. The zero-order chi connectivity index (χ0) is 9.84. The minimum Gasteiger partial charge on any atom is -0.396 e. The van der Waals surface area contributed by atoms with Crippen molar-refractivity contribution in [3.05, 3.63) is 0 Å². The van der Waals surface area contributed by atoms with Gasteiger partial charge in [-0.1, -0.05) is 6.92 Å². The molecule has 0 radical (unpaired) electrons. The van der Waals surface area contributed by atoms with E-state index in [9.17, 15) is 0 Å². The summed E-state index contributed by atoms with van der Waals surface area (Å²) in [5.41, 5.74) is 0. The number of hydrogen-bond donors (Lipinski definition) is 1. The highest BCUT2D eigenvalue weighted by molar-refractivity contribution is 4.79. The first-order chi connectivity index (χ1) is 6.13. The molecule has 1 atom stereocenters. The van der Waals surface area contributed by atoms with Crippen LogP contribution in [0.4, 0.5) is 0 Å². The maximum atomic E-state index is 8.99. The van der Waals surface area contributed by atoms with Crippen LogP contribution >= 0.6 is 0 Å². The second kappa shape index (κ2) is 4.97. The standard InChI is InChI=1S/C11H23NO/c1-9(2)12(6-10(3)8-13)7-11-4-5-11/h9-11,13H,4-8H2,1-3H3. The molecule has 0 aromatic carbocycles. The van der Waals surface area contributed by atoms with Crippen molar-refractivity contribution in [1.82, 2.24) is 4.90 Å². The van der Waals surface area contributed by atoms with Crippen LogP contribution in [0.5, 0.6) is 0 Å². The third-order valence-corrected chi connectivity index (χ3v) is 2.78. The summed E-state index contributed by atoms with van der Waals surface area (Å²) in [6, 6.07) is 0.620. The minimum atomic E-state index is 0.313. The molecule has 1 N–H and O–H groups in total. The van der Waals surface area contributed by atoms with E-state index in [-0.39, 0.29) is 0 Å². The van der Waals surface area contributed by atoms with Crippen LogP contribution in [0.1, 0.15) is 33.6 Å². The molecule has 0 heterocycles. The molecule has 2 heteroatoms. The highest BCUT2D eigenvalue weighted by Crippen LogP contribution is 2.30. The molecule has 0 saturated heterocycles. The Morgan fingerprint density at radius 3 is 2.31 bits per heavy atom. The monoisotopic (exact) mass is 185 g/mol. The van der Waals surface area contributed by atoms with Gasteiger partial charge < -0.3 is 10.0 Å². The van der Waals surface area contributed by atoms with E-state index in [1.54, 1.807) is 0 Å². The molecule has 1 aliphatic rings. The van der Waals surface area contributed by atoms with Crippen molar-refractivity contribution < 1.29 is 5.11 Å². The molecule has 1 fully saturated rings. The fraction of sp³-hybridized carbons (Fsp3) is 1.00. The molecule has 0 amide bonds. The molecule has 0 aromatic heterocycles. The lowest BCUT2D eigenvalue weighted by Crippen LogP contribution is -2.37. The average Bonchev–Trinajstić information content (AvgIpc) is 2.86. The van der Waals surface area contributed by atoms with Gasteiger partial charge in [0.15, 0.2) is 0 Å². The van der Waals surface area contributed by atoms with Gasteiger partial charge in [0.05, 0.1) is 0 Å². The molecule has 0 aliphatic heterocycles. The first-order valence-corrected chi connectivity index (χ1v) is 5.48. The number of aliphatic hydroxyl groups is 1. The van der Waals surface area contributed by atoms with E-state index >= 15 is 0 Å². The Hall–Kier alpha value is -0.0800. The summed E-state index contributed by atoms with van der Waals surface area (Å²) < 4.78 is 0. The molecule has 78 valence electrons.